The second-order valence-corrected chi connectivity index (χ2v) is 8.06. The normalized spacial score (nSPS) is 13.6. The summed E-state index contributed by atoms with van der Waals surface area (Å²) in [7, 11) is 0. The Morgan fingerprint density at radius 3 is 2.55 bits per heavy atom. The molecule has 1 aliphatic rings. The number of nitrogens with zero attached hydrogens (tertiary/aromatic N) is 3. The molecule has 2 heterocycles. The number of amides is 1. The highest BCUT2D eigenvalue weighted by Crippen LogP contribution is 2.17. The standard InChI is InChI=1S/C25H28N4O2/c1-3-23-27-22-13-14-28(15-19-7-5-4-6-8-19)16-21(22)25(31)29(23)17-24(30)26-20-11-9-18(2)10-12-20/h4-12H,3,13-17H2,1-2H3,(H,26,30). The average molecular weight is 417 g/mol. The van der Waals surface area contributed by atoms with Gasteiger partial charge in [0, 0.05) is 38.2 Å². The highest BCUT2D eigenvalue weighted by atomic mass is 16.2. The van der Waals surface area contributed by atoms with E-state index in [9.17, 15) is 9.59 Å². The molecule has 0 bridgehead atoms. The van der Waals surface area contributed by atoms with Crippen LogP contribution in [-0.4, -0.2) is 26.9 Å². The Labute approximate surface area is 182 Å². The molecule has 6 nitrogen and oxygen atoms in total. The van der Waals surface area contributed by atoms with Crippen LogP contribution in [0.4, 0.5) is 5.69 Å². The number of anilines is 1. The Morgan fingerprint density at radius 1 is 1.10 bits per heavy atom. The molecule has 0 unspecified atom stereocenters. The largest absolute Gasteiger partial charge is 0.325 e. The molecule has 31 heavy (non-hydrogen) atoms. The fourth-order valence-corrected chi connectivity index (χ4v) is 4.01. The van der Waals surface area contributed by atoms with Crippen LogP contribution in [0.3, 0.4) is 0 Å². The van der Waals surface area contributed by atoms with E-state index in [-0.39, 0.29) is 18.0 Å². The van der Waals surface area contributed by atoms with Crippen molar-refractivity contribution in [3.63, 3.8) is 0 Å². The van der Waals surface area contributed by atoms with E-state index in [0.717, 1.165) is 36.5 Å². The van der Waals surface area contributed by atoms with Crippen LogP contribution in [0.25, 0.3) is 0 Å². The second-order valence-electron chi connectivity index (χ2n) is 8.06. The van der Waals surface area contributed by atoms with Gasteiger partial charge in [0.15, 0.2) is 0 Å². The Hall–Kier alpha value is -3.25. The van der Waals surface area contributed by atoms with Crippen molar-refractivity contribution in [1.82, 2.24) is 14.5 Å². The Bertz CT molecular complexity index is 1120. The number of benzene rings is 2. The minimum atomic E-state index is -0.223. The van der Waals surface area contributed by atoms with Crippen molar-refractivity contribution >= 4 is 11.6 Å². The first-order chi connectivity index (χ1) is 15.0. The summed E-state index contributed by atoms with van der Waals surface area (Å²) in [6.07, 6.45) is 1.36. The number of aryl methyl sites for hydroxylation is 2. The van der Waals surface area contributed by atoms with Crippen LogP contribution in [0, 0.1) is 6.92 Å². The number of hydrogen-bond acceptors (Lipinski definition) is 4. The van der Waals surface area contributed by atoms with Crippen molar-refractivity contribution in [3.05, 3.63) is 93.2 Å². The summed E-state index contributed by atoms with van der Waals surface area (Å²) in [5.41, 5.74) is 4.56. The summed E-state index contributed by atoms with van der Waals surface area (Å²) in [5.74, 6) is 0.443. The van der Waals surface area contributed by atoms with E-state index >= 15 is 0 Å². The molecule has 4 rings (SSSR count). The van der Waals surface area contributed by atoms with Gasteiger partial charge in [0.1, 0.15) is 12.4 Å². The number of hydrogen-bond donors (Lipinski definition) is 1. The first-order valence-electron chi connectivity index (χ1n) is 10.8. The number of fused-ring (bicyclic) bond motifs is 1. The van der Waals surface area contributed by atoms with Gasteiger partial charge in [-0.05, 0) is 24.6 Å². The van der Waals surface area contributed by atoms with E-state index in [0.29, 0.717) is 24.4 Å². The van der Waals surface area contributed by atoms with Gasteiger partial charge in [0.25, 0.3) is 5.56 Å². The van der Waals surface area contributed by atoms with Crippen LogP contribution in [0.15, 0.2) is 59.4 Å². The van der Waals surface area contributed by atoms with Crippen molar-refractivity contribution in [1.29, 1.82) is 0 Å². The van der Waals surface area contributed by atoms with Gasteiger partial charge >= 0.3 is 0 Å². The summed E-state index contributed by atoms with van der Waals surface area (Å²) in [6, 6.07) is 17.9. The van der Waals surface area contributed by atoms with Gasteiger partial charge in [-0.25, -0.2) is 4.98 Å². The molecular weight excluding hydrogens is 388 g/mol. The molecule has 2 aromatic carbocycles. The number of nitrogens with one attached hydrogen (secondary N) is 1. The fourth-order valence-electron chi connectivity index (χ4n) is 4.01. The van der Waals surface area contributed by atoms with E-state index in [1.165, 1.54) is 10.1 Å². The van der Waals surface area contributed by atoms with Crippen molar-refractivity contribution < 1.29 is 4.79 Å². The molecule has 3 aromatic rings. The van der Waals surface area contributed by atoms with Gasteiger partial charge in [0.2, 0.25) is 5.91 Å². The predicted molar refractivity (Wildman–Crippen MR) is 122 cm³/mol. The van der Waals surface area contributed by atoms with E-state index < -0.39 is 0 Å². The smallest absolute Gasteiger partial charge is 0.258 e. The first-order valence-corrected chi connectivity index (χ1v) is 10.8. The minimum absolute atomic E-state index is 0.0329. The van der Waals surface area contributed by atoms with Gasteiger partial charge in [0.05, 0.1) is 11.3 Å². The SMILES string of the molecule is CCc1nc2c(c(=O)n1CC(=O)Nc1ccc(C)cc1)CN(Cc1ccccc1)CC2. The molecule has 0 saturated carbocycles. The molecule has 0 fully saturated rings. The van der Waals surface area contributed by atoms with Gasteiger partial charge in [-0.2, -0.15) is 0 Å². The summed E-state index contributed by atoms with van der Waals surface area (Å²) in [5, 5.41) is 2.88. The zero-order chi connectivity index (χ0) is 21.8. The third kappa shape index (κ3) is 4.91. The lowest BCUT2D eigenvalue weighted by Gasteiger charge is -2.28. The average Bonchev–Trinajstić information content (AvgIpc) is 2.78. The fraction of sp³-hybridized carbons (Fsp3) is 0.320. The maximum Gasteiger partial charge on any atom is 0.258 e. The quantitative estimate of drug-likeness (QED) is 0.670. The molecule has 1 N–H and O–H groups in total. The maximum absolute atomic E-state index is 13.3. The minimum Gasteiger partial charge on any atom is -0.325 e. The van der Waals surface area contributed by atoms with Crippen LogP contribution >= 0.6 is 0 Å². The van der Waals surface area contributed by atoms with Crippen LogP contribution < -0.4 is 10.9 Å². The molecule has 0 radical (unpaired) electrons. The monoisotopic (exact) mass is 416 g/mol. The summed E-state index contributed by atoms with van der Waals surface area (Å²) in [4.78, 5) is 33.0. The van der Waals surface area contributed by atoms with Crippen LogP contribution in [0.5, 0.6) is 0 Å². The molecule has 1 aliphatic heterocycles. The lowest BCUT2D eigenvalue weighted by atomic mass is 10.1. The third-order valence-electron chi connectivity index (χ3n) is 5.68. The van der Waals surface area contributed by atoms with Crippen molar-refractivity contribution in [2.75, 3.05) is 11.9 Å². The molecular formula is C25H28N4O2. The van der Waals surface area contributed by atoms with Crippen molar-refractivity contribution in [3.8, 4) is 0 Å². The topological polar surface area (TPSA) is 67.2 Å². The summed E-state index contributed by atoms with van der Waals surface area (Å²) < 4.78 is 1.54. The number of carbonyl (C=O) groups excluding carboxylic acids is 1. The van der Waals surface area contributed by atoms with Crippen molar-refractivity contribution in [2.45, 2.75) is 46.3 Å². The summed E-state index contributed by atoms with van der Waals surface area (Å²) >= 11 is 0. The summed E-state index contributed by atoms with van der Waals surface area (Å²) in [6.45, 7) is 6.15. The Balaban J connectivity index is 1.54. The molecule has 0 spiro atoms. The lowest BCUT2D eigenvalue weighted by molar-refractivity contribution is -0.116. The zero-order valence-electron chi connectivity index (χ0n) is 18.1. The van der Waals surface area contributed by atoms with Gasteiger partial charge in [-0.1, -0.05) is 55.0 Å². The van der Waals surface area contributed by atoms with Crippen LogP contribution in [0.2, 0.25) is 0 Å². The van der Waals surface area contributed by atoms with E-state index in [1.807, 2.05) is 56.3 Å². The van der Waals surface area contributed by atoms with E-state index in [1.54, 1.807) is 0 Å². The molecule has 160 valence electrons. The van der Waals surface area contributed by atoms with Gasteiger partial charge in [-0.3, -0.25) is 19.1 Å². The first kappa shape index (κ1) is 21.0. The maximum atomic E-state index is 13.3. The van der Waals surface area contributed by atoms with Gasteiger partial charge in [-0.15, -0.1) is 0 Å². The molecule has 1 aromatic heterocycles. The zero-order valence-corrected chi connectivity index (χ0v) is 18.1. The predicted octanol–water partition coefficient (Wildman–Crippen LogP) is 3.31. The molecule has 0 atom stereocenters. The molecule has 6 heteroatoms. The molecule has 0 saturated heterocycles. The van der Waals surface area contributed by atoms with Crippen molar-refractivity contribution in [2.24, 2.45) is 0 Å². The number of carbonyl (C=O) groups is 1. The van der Waals surface area contributed by atoms with Crippen LogP contribution in [-0.2, 0) is 37.3 Å². The Kier molecular flexibility index (Phi) is 6.28. The number of aromatic nitrogens is 2. The Morgan fingerprint density at radius 2 is 1.84 bits per heavy atom. The van der Waals surface area contributed by atoms with Gasteiger partial charge < -0.3 is 5.32 Å². The second kappa shape index (κ2) is 9.27. The van der Waals surface area contributed by atoms with E-state index in [2.05, 4.69) is 22.3 Å². The van der Waals surface area contributed by atoms with E-state index in [4.69, 9.17) is 4.98 Å². The molecule has 0 aliphatic carbocycles. The van der Waals surface area contributed by atoms with Crippen LogP contribution in [0.1, 0.15) is 35.1 Å². The lowest BCUT2D eigenvalue weighted by Crippen LogP contribution is -2.40. The molecule has 1 amide bonds. The third-order valence-corrected chi connectivity index (χ3v) is 5.68. The highest BCUT2D eigenvalue weighted by Gasteiger charge is 2.24. The number of rotatable bonds is 6. The highest BCUT2D eigenvalue weighted by molar-refractivity contribution is 5.90.